The maximum atomic E-state index is 11.8. The molecule has 114 valence electrons. The van der Waals surface area contributed by atoms with E-state index in [9.17, 15) is 18.0 Å². The second-order valence-corrected chi connectivity index (χ2v) is 3.88. The van der Waals surface area contributed by atoms with E-state index in [1.807, 2.05) is 0 Å². The smallest absolute Gasteiger partial charge is 0.382 e. The highest BCUT2D eigenvalue weighted by Crippen LogP contribution is 2.11. The summed E-state index contributed by atoms with van der Waals surface area (Å²) in [6, 6.07) is 0. The Morgan fingerprint density at radius 1 is 1.16 bits per heavy atom. The van der Waals surface area contributed by atoms with Crippen molar-refractivity contribution in [1.82, 2.24) is 10.6 Å². The van der Waals surface area contributed by atoms with Crippen LogP contribution in [0, 0.1) is 0 Å². The summed E-state index contributed by atoms with van der Waals surface area (Å²) in [5.41, 5.74) is 0. The van der Waals surface area contributed by atoms with Crippen LogP contribution in [0.25, 0.3) is 0 Å². The molecule has 0 radical (unpaired) electrons. The molecule has 0 aliphatic heterocycles. The van der Waals surface area contributed by atoms with Crippen LogP contribution >= 0.6 is 0 Å². The van der Waals surface area contributed by atoms with Gasteiger partial charge in [-0.05, 0) is 19.4 Å². The summed E-state index contributed by atoms with van der Waals surface area (Å²) in [5.74, 6) is -0.659. The molecule has 0 aromatic carbocycles. The summed E-state index contributed by atoms with van der Waals surface area (Å²) in [5, 5.41) is 4.55. The van der Waals surface area contributed by atoms with Crippen molar-refractivity contribution in [3.8, 4) is 0 Å². The Morgan fingerprint density at radius 3 is 2.53 bits per heavy atom. The first-order valence-electron chi connectivity index (χ1n) is 6.06. The molecule has 2 N–H and O–H groups in total. The van der Waals surface area contributed by atoms with Gasteiger partial charge in [-0.2, -0.15) is 13.2 Å². The number of carbonyl (C=O) groups is 1. The molecule has 19 heavy (non-hydrogen) atoms. The first kappa shape index (κ1) is 18.1. The number of hydrogen-bond acceptors (Lipinski definition) is 4. The fraction of sp³-hybridized carbons (Fsp3) is 0.909. The molecule has 0 heterocycles. The Labute approximate surface area is 110 Å². The second-order valence-electron chi connectivity index (χ2n) is 3.88. The van der Waals surface area contributed by atoms with Gasteiger partial charge in [0, 0.05) is 13.7 Å². The number of hydrogen-bond donors (Lipinski definition) is 2. The number of ether oxygens (including phenoxy) is 2. The fourth-order valence-electron chi connectivity index (χ4n) is 1.16. The van der Waals surface area contributed by atoms with Gasteiger partial charge >= 0.3 is 6.18 Å². The van der Waals surface area contributed by atoms with E-state index >= 15 is 0 Å². The zero-order valence-corrected chi connectivity index (χ0v) is 11.0. The fourth-order valence-corrected chi connectivity index (χ4v) is 1.16. The molecule has 0 aromatic rings. The van der Waals surface area contributed by atoms with Crippen LogP contribution in [0.4, 0.5) is 13.2 Å². The van der Waals surface area contributed by atoms with Crippen LogP contribution in [-0.4, -0.2) is 58.6 Å². The lowest BCUT2D eigenvalue weighted by molar-refractivity contribution is -0.137. The van der Waals surface area contributed by atoms with E-state index < -0.39 is 18.6 Å². The van der Waals surface area contributed by atoms with E-state index in [0.717, 1.165) is 12.8 Å². The Balaban J connectivity index is 3.23. The van der Waals surface area contributed by atoms with E-state index in [4.69, 9.17) is 9.47 Å². The Morgan fingerprint density at radius 2 is 1.89 bits per heavy atom. The number of unbranched alkanes of at least 4 members (excludes halogenated alkanes) is 1. The van der Waals surface area contributed by atoms with E-state index in [-0.39, 0.29) is 6.54 Å². The summed E-state index contributed by atoms with van der Waals surface area (Å²) in [4.78, 5) is 11.0. The normalized spacial score (nSPS) is 11.6. The van der Waals surface area contributed by atoms with Crippen LogP contribution in [0.1, 0.15) is 12.8 Å². The van der Waals surface area contributed by atoms with Gasteiger partial charge in [0.15, 0.2) is 0 Å². The standard InChI is InChI=1S/C11H21F3N2O3/c1-18-6-7-19-5-3-2-4-15-8-10(17)16-9-11(12,13)14/h15H,2-9H2,1H3,(H,16,17). The molecule has 0 fully saturated rings. The van der Waals surface area contributed by atoms with Crippen molar-refractivity contribution >= 4 is 5.91 Å². The predicted molar refractivity (Wildman–Crippen MR) is 63.9 cm³/mol. The number of carbonyl (C=O) groups excluding carboxylic acids is 1. The van der Waals surface area contributed by atoms with Crippen molar-refractivity contribution < 1.29 is 27.4 Å². The molecule has 8 heteroatoms. The van der Waals surface area contributed by atoms with Gasteiger partial charge in [0.2, 0.25) is 5.91 Å². The quantitative estimate of drug-likeness (QED) is 0.549. The molecule has 0 saturated heterocycles. The maximum absolute atomic E-state index is 11.8. The number of methoxy groups -OCH3 is 1. The summed E-state index contributed by atoms with van der Waals surface area (Å²) in [6.07, 6.45) is -2.75. The van der Waals surface area contributed by atoms with Crippen LogP contribution in [-0.2, 0) is 14.3 Å². The average Bonchev–Trinajstić information content (AvgIpc) is 2.33. The number of halogens is 3. The van der Waals surface area contributed by atoms with Gasteiger partial charge in [0.1, 0.15) is 6.54 Å². The molecule has 0 spiro atoms. The first-order valence-corrected chi connectivity index (χ1v) is 6.06. The van der Waals surface area contributed by atoms with Crippen LogP contribution in [0.3, 0.4) is 0 Å². The monoisotopic (exact) mass is 286 g/mol. The van der Waals surface area contributed by atoms with Crippen LogP contribution < -0.4 is 10.6 Å². The molecule has 1 amide bonds. The van der Waals surface area contributed by atoms with E-state index in [1.165, 1.54) is 0 Å². The van der Waals surface area contributed by atoms with Gasteiger partial charge < -0.3 is 20.1 Å². The zero-order chi connectivity index (χ0) is 14.6. The van der Waals surface area contributed by atoms with Crippen molar-refractivity contribution in [2.75, 3.05) is 46.6 Å². The van der Waals surface area contributed by atoms with Crippen molar-refractivity contribution in [2.45, 2.75) is 19.0 Å². The van der Waals surface area contributed by atoms with Crippen molar-refractivity contribution in [3.05, 3.63) is 0 Å². The lowest BCUT2D eigenvalue weighted by Crippen LogP contribution is -2.39. The van der Waals surface area contributed by atoms with Crippen LogP contribution in [0.5, 0.6) is 0 Å². The third-order valence-electron chi connectivity index (χ3n) is 2.10. The minimum absolute atomic E-state index is 0.111. The molecule has 0 aromatic heterocycles. The van der Waals surface area contributed by atoms with Crippen molar-refractivity contribution in [2.24, 2.45) is 0 Å². The zero-order valence-electron chi connectivity index (χ0n) is 11.0. The van der Waals surface area contributed by atoms with Gasteiger partial charge in [-0.15, -0.1) is 0 Å². The molecule has 0 atom stereocenters. The third kappa shape index (κ3) is 15.1. The van der Waals surface area contributed by atoms with Crippen LogP contribution in [0.15, 0.2) is 0 Å². The lowest BCUT2D eigenvalue weighted by atomic mass is 10.3. The average molecular weight is 286 g/mol. The first-order chi connectivity index (χ1) is 8.95. The molecule has 0 bridgehead atoms. The SMILES string of the molecule is COCCOCCCCNCC(=O)NCC(F)(F)F. The van der Waals surface area contributed by atoms with Crippen LogP contribution in [0.2, 0.25) is 0 Å². The largest absolute Gasteiger partial charge is 0.405 e. The Bertz CT molecular complexity index is 238. The Kier molecular flexibility index (Phi) is 10.5. The lowest BCUT2D eigenvalue weighted by Gasteiger charge is -2.09. The maximum Gasteiger partial charge on any atom is 0.405 e. The van der Waals surface area contributed by atoms with Crippen molar-refractivity contribution in [1.29, 1.82) is 0 Å². The minimum Gasteiger partial charge on any atom is -0.382 e. The van der Waals surface area contributed by atoms with Gasteiger partial charge in [0.05, 0.1) is 19.8 Å². The molecule has 5 nitrogen and oxygen atoms in total. The van der Waals surface area contributed by atoms with E-state index in [2.05, 4.69) is 5.32 Å². The van der Waals surface area contributed by atoms with E-state index in [1.54, 1.807) is 12.4 Å². The molecular weight excluding hydrogens is 265 g/mol. The number of alkyl halides is 3. The summed E-state index contributed by atoms with van der Waals surface area (Å²) >= 11 is 0. The molecule has 0 aliphatic rings. The molecule has 0 aliphatic carbocycles. The second kappa shape index (κ2) is 11.0. The highest BCUT2D eigenvalue weighted by atomic mass is 19.4. The van der Waals surface area contributed by atoms with E-state index in [0.29, 0.717) is 26.4 Å². The molecular formula is C11H21F3N2O3. The highest BCUT2D eigenvalue weighted by molar-refractivity contribution is 5.77. The highest BCUT2D eigenvalue weighted by Gasteiger charge is 2.27. The molecule has 0 saturated carbocycles. The third-order valence-corrected chi connectivity index (χ3v) is 2.10. The van der Waals surface area contributed by atoms with Gasteiger partial charge in [-0.3, -0.25) is 4.79 Å². The van der Waals surface area contributed by atoms with Gasteiger partial charge in [-0.1, -0.05) is 0 Å². The molecule has 0 unspecified atom stereocenters. The van der Waals surface area contributed by atoms with Gasteiger partial charge in [0.25, 0.3) is 0 Å². The van der Waals surface area contributed by atoms with Crippen molar-refractivity contribution in [3.63, 3.8) is 0 Å². The number of nitrogens with one attached hydrogen (secondary N) is 2. The topological polar surface area (TPSA) is 59.6 Å². The number of amides is 1. The predicted octanol–water partition coefficient (Wildman–Crippen LogP) is 0.698. The van der Waals surface area contributed by atoms with Gasteiger partial charge in [-0.25, -0.2) is 0 Å². The number of rotatable bonds is 11. The Hall–Kier alpha value is -0.860. The summed E-state index contributed by atoms with van der Waals surface area (Å²) in [6.45, 7) is 0.862. The summed E-state index contributed by atoms with van der Waals surface area (Å²) in [7, 11) is 1.59. The molecule has 0 rings (SSSR count). The minimum atomic E-state index is -4.37. The summed E-state index contributed by atoms with van der Waals surface area (Å²) < 4.78 is 45.3.